The van der Waals surface area contributed by atoms with Gasteiger partial charge in [-0.15, -0.1) is 0 Å². The molecular weight excluding hydrogens is 469 g/mol. The number of rotatable bonds is 12. The van der Waals surface area contributed by atoms with Crippen molar-refractivity contribution in [3.8, 4) is 0 Å². The zero-order valence-corrected chi connectivity index (χ0v) is 22.5. The Balaban J connectivity index is 2.67. The van der Waals surface area contributed by atoms with Crippen LogP contribution < -0.4 is 8.79 Å². The van der Waals surface area contributed by atoms with Crippen LogP contribution in [0.3, 0.4) is 0 Å². The molecule has 0 atom stereocenters. The third-order valence-corrected chi connectivity index (χ3v) is 65.6. The molecule has 0 heterocycles. The van der Waals surface area contributed by atoms with E-state index in [1.807, 2.05) is 0 Å². The molecular formula is C24H37ClGe2. The molecule has 148 valence electrons. The summed E-state index contributed by atoms with van der Waals surface area (Å²) in [5.74, 6) is 0. The Hall–Kier alpha value is -0.184. The molecule has 0 saturated heterocycles. The molecule has 27 heavy (non-hydrogen) atoms. The average molecular weight is 506 g/mol. The molecule has 0 aliphatic heterocycles. The molecule has 0 spiro atoms. The zero-order valence-electron chi connectivity index (χ0n) is 17.5. The fraction of sp³-hybridized carbons (Fsp3) is 0.500. The van der Waals surface area contributed by atoms with Crippen LogP contribution >= 0.6 is 10.0 Å². The van der Waals surface area contributed by atoms with Gasteiger partial charge in [-0.1, -0.05) is 0 Å². The van der Waals surface area contributed by atoms with Crippen molar-refractivity contribution in [3.05, 3.63) is 60.7 Å². The second-order valence-electron chi connectivity index (χ2n) is 7.98. The fourth-order valence-corrected chi connectivity index (χ4v) is 63.8. The summed E-state index contributed by atoms with van der Waals surface area (Å²) in [6.07, 6.45) is 7.99. The van der Waals surface area contributed by atoms with Crippen molar-refractivity contribution in [3.63, 3.8) is 0 Å². The minimum atomic E-state index is -2.91. The van der Waals surface area contributed by atoms with Gasteiger partial charge in [0.15, 0.2) is 0 Å². The molecule has 0 bridgehead atoms. The van der Waals surface area contributed by atoms with Gasteiger partial charge in [0.2, 0.25) is 0 Å². The molecule has 2 aromatic rings. The van der Waals surface area contributed by atoms with Gasteiger partial charge < -0.3 is 0 Å². The Bertz CT molecular complexity index is 581. The molecule has 0 amide bonds. The van der Waals surface area contributed by atoms with Gasteiger partial charge >= 0.3 is 176 Å². The van der Waals surface area contributed by atoms with E-state index in [1.54, 1.807) is 0 Å². The number of unbranched alkanes of at least 4 members (excludes halogenated alkanes) is 3. The molecule has 0 saturated carbocycles. The van der Waals surface area contributed by atoms with Gasteiger partial charge in [0.25, 0.3) is 0 Å². The van der Waals surface area contributed by atoms with E-state index in [-0.39, 0.29) is 0 Å². The van der Waals surface area contributed by atoms with Crippen molar-refractivity contribution in [2.24, 2.45) is 0 Å². The van der Waals surface area contributed by atoms with Gasteiger partial charge in [0.05, 0.1) is 0 Å². The molecule has 0 nitrogen and oxygen atoms in total. The second-order valence-corrected chi connectivity index (χ2v) is 47.8. The van der Waals surface area contributed by atoms with Crippen molar-refractivity contribution in [2.45, 2.75) is 75.1 Å². The fourth-order valence-electron chi connectivity index (χ4n) is 4.55. The van der Waals surface area contributed by atoms with Crippen LogP contribution in [0.15, 0.2) is 60.7 Å². The van der Waals surface area contributed by atoms with E-state index in [1.165, 1.54) is 63.1 Å². The third-order valence-electron chi connectivity index (χ3n) is 6.10. The maximum atomic E-state index is 8.09. The van der Waals surface area contributed by atoms with Crippen LogP contribution in [0.25, 0.3) is 0 Å². The molecule has 2 rings (SSSR count). The first kappa shape index (κ1) is 23.1. The topological polar surface area (TPSA) is 0 Å². The molecule has 0 aliphatic rings. The minimum absolute atomic E-state index is 1.30. The summed E-state index contributed by atoms with van der Waals surface area (Å²) in [5, 5.41) is 4.39. The van der Waals surface area contributed by atoms with E-state index in [0.717, 1.165) is 0 Å². The number of hydrogen-bond acceptors (Lipinski definition) is 0. The summed E-state index contributed by atoms with van der Waals surface area (Å²) >= 11 is -2.31. The van der Waals surface area contributed by atoms with Crippen molar-refractivity contribution in [1.82, 2.24) is 0 Å². The molecule has 0 aliphatic carbocycles. The van der Waals surface area contributed by atoms with E-state index < -0.39 is 21.7 Å². The van der Waals surface area contributed by atoms with Crippen molar-refractivity contribution < 1.29 is 0 Å². The monoisotopic (exact) mass is 508 g/mol. The van der Waals surface area contributed by atoms with E-state index in [9.17, 15) is 0 Å². The Morgan fingerprint density at radius 2 is 0.926 bits per heavy atom. The summed E-state index contributed by atoms with van der Waals surface area (Å²) in [5.41, 5.74) is 0. The van der Waals surface area contributed by atoms with Gasteiger partial charge in [0, 0.05) is 0 Å². The quantitative estimate of drug-likeness (QED) is 0.275. The normalized spacial score (nSPS) is 12.3. The van der Waals surface area contributed by atoms with Gasteiger partial charge in [-0.05, 0) is 0 Å². The molecule has 0 aromatic heterocycles. The number of halogens is 1. The van der Waals surface area contributed by atoms with E-state index >= 15 is 0 Å². The molecule has 0 unspecified atom stereocenters. The Morgan fingerprint density at radius 3 is 1.22 bits per heavy atom. The summed E-state index contributed by atoms with van der Waals surface area (Å²) in [6, 6.07) is 22.6. The van der Waals surface area contributed by atoms with Crippen LogP contribution in [0.1, 0.15) is 59.3 Å². The predicted molar refractivity (Wildman–Crippen MR) is 129 cm³/mol. The molecule has 3 heteroatoms. The maximum absolute atomic E-state index is 8.09. The number of benzene rings is 2. The van der Waals surface area contributed by atoms with Crippen LogP contribution in [0.5, 0.6) is 0 Å². The van der Waals surface area contributed by atoms with Gasteiger partial charge in [-0.3, -0.25) is 0 Å². The molecule has 2 aromatic carbocycles. The molecule has 0 fully saturated rings. The molecule has 0 N–H and O–H groups in total. The van der Waals surface area contributed by atoms with E-state index in [4.69, 9.17) is 10.0 Å². The number of hydrogen-bond donors (Lipinski definition) is 0. The Morgan fingerprint density at radius 1 is 0.593 bits per heavy atom. The zero-order chi connectivity index (χ0) is 19.6. The van der Waals surface area contributed by atoms with Crippen LogP contribution in [0.4, 0.5) is 0 Å². The van der Waals surface area contributed by atoms with Crippen molar-refractivity contribution in [1.29, 1.82) is 0 Å². The van der Waals surface area contributed by atoms with Gasteiger partial charge in [-0.2, -0.15) is 0 Å². The SMILES string of the molecule is CCC[CH2][Ge]([CH2]CCC)([CH2]CCC)[Ge]([Cl])([c]1ccccc1)[c]1ccccc1. The van der Waals surface area contributed by atoms with Crippen LogP contribution in [0.2, 0.25) is 15.8 Å². The van der Waals surface area contributed by atoms with Gasteiger partial charge in [0.1, 0.15) is 0 Å². The average Bonchev–Trinajstić information content (AvgIpc) is 2.74. The van der Waals surface area contributed by atoms with Gasteiger partial charge in [-0.25, -0.2) is 0 Å². The summed E-state index contributed by atoms with van der Waals surface area (Å²) in [6.45, 7) is 7.04. The van der Waals surface area contributed by atoms with Crippen molar-refractivity contribution >= 4 is 40.5 Å². The first-order valence-electron chi connectivity index (χ1n) is 10.9. The predicted octanol–water partition coefficient (Wildman–Crippen LogP) is 6.91. The van der Waals surface area contributed by atoms with E-state index in [0.29, 0.717) is 0 Å². The Labute approximate surface area is 175 Å². The first-order valence-corrected chi connectivity index (χ1v) is 26.7. The molecule has 0 radical (unpaired) electrons. The van der Waals surface area contributed by atoms with Crippen LogP contribution in [-0.2, 0) is 0 Å². The van der Waals surface area contributed by atoms with Crippen molar-refractivity contribution in [2.75, 3.05) is 0 Å². The van der Waals surface area contributed by atoms with Crippen LogP contribution in [-0.4, -0.2) is 21.7 Å². The standard InChI is InChI=1S/C24H37ClGe2/c1-4-7-20-26(21-8-5-2,22-9-6-3)27(25,23-16-12-10-13-17-23)24-18-14-11-15-19-24/h10-19H,4-9,20-22H2,1-3H3. The summed E-state index contributed by atoms with van der Waals surface area (Å²) in [7, 11) is 5.18. The van der Waals surface area contributed by atoms with E-state index in [2.05, 4.69) is 81.4 Å². The van der Waals surface area contributed by atoms with Crippen LogP contribution in [0, 0.1) is 0 Å². The first-order chi connectivity index (χ1) is 13.1. The Kier molecular flexibility index (Phi) is 10.0. The third kappa shape index (κ3) is 5.45. The second kappa shape index (κ2) is 11.7. The summed E-state index contributed by atoms with van der Waals surface area (Å²) in [4.78, 5) is 0. The summed E-state index contributed by atoms with van der Waals surface area (Å²) < 4.78 is 3.04.